The number of ether oxygens (including phenoxy) is 1. The first-order valence-electron chi connectivity index (χ1n) is 5.43. The second kappa shape index (κ2) is 5.04. The lowest BCUT2D eigenvalue weighted by molar-refractivity contribution is -0.0692. The molecule has 0 saturated carbocycles. The van der Waals surface area contributed by atoms with Gasteiger partial charge in [-0.2, -0.15) is 0 Å². The molecule has 0 aromatic heterocycles. The molecule has 0 fully saturated rings. The highest BCUT2D eigenvalue weighted by Gasteiger charge is 2.23. The smallest absolute Gasteiger partial charge is 0.0878 e. The molecule has 0 radical (unpaired) electrons. The Balaban J connectivity index is 2.80. The van der Waals surface area contributed by atoms with Gasteiger partial charge in [-0.15, -0.1) is 12.6 Å². The van der Waals surface area contributed by atoms with Crippen molar-refractivity contribution in [3.8, 4) is 0 Å². The van der Waals surface area contributed by atoms with E-state index in [9.17, 15) is 0 Å². The zero-order valence-electron chi connectivity index (χ0n) is 9.95. The van der Waals surface area contributed by atoms with Crippen molar-refractivity contribution in [1.82, 2.24) is 0 Å². The Morgan fingerprint density at radius 2 is 1.80 bits per heavy atom. The lowest BCUT2D eigenvalue weighted by Crippen LogP contribution is -2.26. The van der Waals surface area contributed by atoms with Gasteiger partial charge in [0.15, 0.2) is 0 Å². The predicted octanol–water partition coefficient (Wildman–Crippen LogP) is 4.03. The number of benzene rings is 1. The lowest BCUT2D eigenvalue weighted by Gasteiger charge is -2.29. The highest BCUT2D eigenvalue weighted by molar-refractivity contribution is 7.80. The number of thiol groups is 1. The first-order chi connectivity index (χ1) is 6.95. The Kier molecular flexibility index (Phi) is 4.23. The van der Waals surface area contributed by atoms with Gasteiger partial charge in [0.05, 0.1) is 11.7 Å². The monoisotopic (exact) mass is 224 g/mol. The van der Waals surface area contributed by atoms with E-state index in [-0.39, 0.29) is 11.7 Å². The molecule has 1 nitrogen and oxygen atoms in total. The molecule has 0 aliphatic heterocycles. The molecule has 1 aromatic carbocycles. The van der Waals surface area contributed by atoms with Crippen molar-refractivity contribution in [3.63, 3.8) is 0 Å². The van der Waals surface area contributed by atoms with Gasteiger partial charge in [0.2, 0.25) is 0 Å². The van der Waals surface area contributed by atoms with Crippen molar-refractivity contribution in [3.05, 3.63) is 29.8 Å². The number of rotatable bonds is 4. The quantitative estimate of drug-likeness (QED) is 0.760. The first kappa shape index (κ1) is 12.6. The van der Waals surface area contributed by atoms with E-state index in [2.05, 4.69) is 52.5 Å². The first-order valence-corrected chi connectivity index (χ1v) is 5.87. The summed E-state index contributed by atoms with van der Waals surface area (Å²) in [5, 5.41) is 0. The maximum Gasteiger partial charge on any atom is 0.0878 e. The fourth-order valence-electron chi connectivity index (χ4n) is 1.52. The van der Waals surface area contributed by atoms with Gasteiger partial charge in [0.25, 0.3) is 0 Å². The molecule has 0 amide bonds. The van der Waals surface area contributed by atoms with Gasteiger partial charge in [0.1, 0.15) is 0 Å². The molecule has 0 N–H and O–H groups in total. The van der Waals surface area contributed by atoms with E-state index in [4.69, 9.17) is 4.74 Å². The van der Waals surface area contributed by atoms with E-state index in [1.165, 1.54) is 5.56 Å². The van der Waals surface area contributed by atoms with Crippen LogP contribution in [0.5, 0.6) is 0 Å². The van der Waals surface area contributed by atoms with Crippen molar-refractivity contribution in [2.24, 2.45) is 0 Å². The highest BCUT2D eigenvalue weighted by atomic mass is 32.1. The molecule has 1 aromatic rings. The molecule has 84 valence electrons. The van der Waals surface area contributed by atoms with Crippen LogP contribution >= 0.6 is 12.6 Å². The highest BCUT2D eigenvalue weighted by Crippen LogP contribution is 2.27. The summed E-state index contributed by atoms with van der Waals surface area (Å²) in [7, 11) is 0. The average molecular weight is 224 g/mol. The van der Waals surface area contributed by atoms with E-state index < -0.39 is 0 Å². The predicted molar refractivity (Wildman–Crippen MR) is 67.6 cm³/mol. The van der Waals surface area contributed by atoms with Gasteiger partial charge in [0, 0.05) is 4.90 Å². The normalized spacial score (nSPS) is 13.9. The molecule has 15 heavy (non-hydrogen) atoms. The van der Waals surface area contributed by atoms with E-state index >= 15 is 0 Å². The van der Waals surface area contributed by atoms with Crippen LogP contribution < -0.4 is 0 Å². The van der Waals surface area contributed by atoms with Crippen LogP contribution in [0.2, 0.25) is 0 Å². The minimum absolute atomic E-state index is 0.225. The molecule has 0 bridgehead atoms. The summed E-state index contributed by atoms with van der Waals surface area (Å²) >= 11 is 4.27. The SMILES string of the molecule is CCC(C)OC(C)(C)c1ccc(S)cc1. The average Bonchev–Trinajstić information content (AvgIpc) is 2.17. The van der Waals surface area contributed by atoms with Crippen LogP contribution in [-0.2, 0) is 10.3 Å². The summed E-state index contributed by atoms with van der Waals surface area (Å²) in [5.74, 6) is 0. The second-order valence-corrected chi connectivity index (χ2v) is 4.91. The fraction of sp³-hybridized carbons (Fsp3) is 0.538. The Bertz CT molecular complexity index is 303. The van der Waals surface area contributed by atoms with Crippen LogP contribution in [0.15, 0.2) is 29.2 Å². The van der Waals surface area contributed by atoms with Gasteiger partial charge < -0.3 is 4.74 Å². The summed E-state index contributed by atoms with van der Waals surface area (Å²) in [6.07, 6.45) is 1.32. The molecule has 0 aliphatic carbocycles. The summed E-state index contributed by atoms with van der Waals surface area (Å²) in [5.41, 5.74) is 0.970. The van der Waals surface area contributed by atoms with Crippen LogP contribution in [-0.4, -0.2) is 6.10 Å². The second-order valence-electron chi connectivity index (χ2n) is 4.39. The Morgan fingerprint density at radius 1 is 1.27 bits per heavy atom. The zero-order valence-corrected chi connectivity index (χ0v) is 10.8. The van der Waals surface area contributed by atoms with Crippen molar-refractivity contribution >= 4 is 12.6 Å². The topological polar surface area (TPSA) is 9.23 Å². The van der Waals surface area contributed by atoms with Gasteiger partial charge in [-0.3, -0.25) is 0 Å². The maximum atomic E-state index is 5.99. The van der Waals surface area contributed by atoms with Crippen LogP contribution in [0.3, 0.4) is 0 Å². The van der Waals surface area contributed by atoms with Crippen molar-refractivity contribution in [1.29, 1.82) is 0 Å². The molecular weight excluding hydrogens is 204 g/mol. The third-order valence-corrected chi connectivity index (χ3v) is 2.93. The van der Waals surface area contributed by atoms with E-state index in [0.29, 0.717) is 0 Å². The van der Waals surface area contributed by atoms with Crippen LogP contribution in [0.25, 0.3) is 0 Å². The molecule has 2 heteroatoms. The molecular formula is C13H20OS. The van der Waals surface area contributed by atoms with Gasteiger partial charge in [-0.1, -0.05) is 19.1 Å². The van der Waals surface area contributed by atoms with Crippen molar-refractivity contribution in [2.45, 2.75) is 50.7 Å². The molecule has 1 unspecified atom stereocenters. The van der Waals surface area contributed by atoms with Crippen LogP contribution in [0.1, 0.15) is 39.7 Å². The van der Waals surface area contributed by atoms with Crippen LogP contribution in [0, 0.1) is 0 Å². The van der Waals surface area contributed by atoms with Crippen molar-refractivity contribution in [2.75, 3.05) is 0 Å². The minimum Gasteiger partial charge on any atom is -0.368 e. The summed E-state index contributed by atoms with van der Waals surface area (Å²) in [6.45, 7) is 8.45. The maximum absolute atomic E-state index is 5.99. The standard InChI is InChI=1S/C13H20OS/c1-5-10(2)14-13(3,4)11-6-8-12(15)9-7-11/h6-10,15H,5H2,1-4H3. The van der Waals surface area contributed by atoms with Crippen molar-refractivity contribution < 1.29 is 4.74 Å². The summed E-state index contributed by atoms with van der Waals surface area (Å²) < 4.78 is 5.99. The van der Waals surface area contributed by atoms with Gasteiger partial charge in [-0.05, 0) is 44.9 Å². The minimum atomic E-state index is -0.225. The molecule has 1 rings (SSSR count). The number of hydrogen-bond acceptors (Lipinski definition) is 2. The van der Waals surface area contributed by atoms with E-state index in [0.717, 1.165) is 11.3 Å². The Labute approximate surface area is 98.3 Å². The summed E-state index contributed by atoms with van der Waals surface area (Å²) in [6, 6.07) is 8.15. The third-order valence-electron chi connectivity index (χ3n) is 2.63. The Hall–Kier alpha value is -0.470. The fourth-order valence-corrected chi connectivity index (χ4v) is 1.67. The van der Waals surface area contributed by atoms with Gasteiger partial charge >= 0.3 is 0 Å². The number of hydrogen-bond donors (Lipinski definition) is 1. The van der Waals surface area contributed by atoms with E-state index in [1.807, 2.05) is 12.1 Å². The molecule has 1 atom stereocenters. The Morgan fingerprint density at radius 3 is 2.27 bits per heavy atom. The molecule has 0 spiro atoms. The van der Waals surface area contributed by atoms with Crippen LogP contribution in [0.4, 0.5) is 0 Å². The van der Waals surface area contributed by atoms with E-state index in [1.54, 1.807) is 0 Å². The summed E-state index contributed by atoms with van der Waals surface area (Å²) in [4.78, 5) is 0.984. The van der Waals surface area contributed by atoms with Gasteiger partial charge in [-0.25, -0.2) is 0 Å². The lowest BCUT2D eigenvalue weighted by atomic mass is 9.98. The molecule has 0 aliphatic rings. The zero-order chi connectivity index (χ0) is 11.5. The third kappa shape index (κ3) is 3.54. The largest absolute Gasteiger partial charge is 0.368 e. The molecule has 0 heterocycles. The molecule has 0 saturated heterocycles.